The predicted octanol–water partition coefficient (Wildman–Crippen LogP) is 0.506. The number of aryl methyl sites for hydroxylation is 1. The van der Waals surface area contributed by atoms with Gasteiger partial charge in [0.15, 0.2) is 11.2 Å². The summed E-state index contributed by atoms with van der Waals surface area (Å²) < 4.78 is 9.68. The van der Waals surface area contributed by atoms with E-state index in [-0.39, 0.29) is 0 Å². The zero-order valence-corrected chi connectivity index (χ0v) is 19.7. The Morgan fingerprint density at radius 3 is 2.62 bits per heavy atom. The molecule has 9 nitrogen and oxygen atoms in total. The highest BCUT2D eigenvalue weighted by atomic mass is 35.5. The minimum absolute atomic E-state index is 0.316. The highest BCUT2D eigenvalue weighted by Crippen LogP contribution is 2.24. The third kappa shape index (κ3) is 4.56. The van der Waals surface area contributed by atoms with Crippen LogP contribution in [0.3, 0.4) is 0 Å². The first-order valence-electron chi connectivity index (χ1n) is 10.6. The molecule has 0 radical (unpaired) electrons. The van der Waals surface area contributed by atoms with Crippen LogP contribution in [0.2, 0.25) is 10.0 Å². The van der Waals surface area contributed by atoms with Crippen LogP contribution < -0.4 is 21.5 Å². The molecular weight excluding hydrogens is 455 g/mol. The Kier molecular flexibility index (Phi) is 6.90. The number of rotatable bonds is 7. The molecule has 0 amide bonds. The second kappa shape index (κ2) is 9.66. The summed E-state index contributed by atoms with van der Waals surface area (Å²) in [5.41, 5.74) is 0.670. The first-order valence-corrected chi connectivity index (χ1v) is 11.4. The summed E-state index contributed by atoms with van der Waals surface area (Å²) in [7, 11) is 3.08. The zero-order chi connectivity index (χ0) is 22.8. The van der Waals surface area contributed by atoms with Crippen molar-refractivity contribution in [1.82, 2.24) is 18.7 Å². The minimum Gasteiger partial charge on any atom is -0.370 e. The number of hydrogen-bond donors (Lipinski definition) is 2. The maximum absolute atomic E-state index is 13.0. The molecule has 1 saturated heterocycles. The Hall–Kier alpha value is -2.33. The monoisotopic (exact) mass is 481 g/mol. The van der Waals surface area contributed by atoms with Gasteiger partial charge in [-0.2, -0.15) is 4.98 Å². The first-order chi connectivity index (χ1) is 15.4. The Bertz CT molecular complexity index is 1240. The van der Waals surface area contributed by atoms with Crippen LogP contribution in [-0.4, -0.2) is 58.1 Å². The summed E-state index contributed by atoms with van der Waals surface area (Å²) in [6.07, 6.45) is 0.942. The van der Waals surface area contributed by atoms with Crippen molar-refractivity contribution >= 4 is 40.3 Å². The van der Waals surface area contributed by atoms with Gasteiger partial charge in [-0.05, 0) is 17.7 Å². The molecule has 0 bridgehead atoms. The van der Waals surface area contributed by atoms with E-state index >= 15 is 0 Å². The number of quaternary nitrogens is 1. The lowest BCUT2D eigenvalue weighted by molar-refractivity contribution is -0.908. The minimum atomic E-state index is -0.417. The molecule has 2 aromatic heterocycles. The van der Waals surface area contributed by atoms with Gasteiger partial charge in [0.1, 0.15) is 13.1 Å². The van der Waals surface area contributed by atoms with Gasteiger partial charge in [-0.25, -0.2) is 4.79 Å². The topological polar surface area (TPSA) is 87.5 Å². The third-order valence-corrected chi connectivity index (χ3v) is 6.47. The fraction of sp³-hybridized carbons (Fsp3) is 0.476. The molecule has 2 N–H and O–H groups in total. The van der Waals surface area contributed by atoms with E-state index in [1.54, 1.807) is 23.7 Å². The molecule has 3 aromatic rings. The van der Waals surface area contributed by atoms with Crippen molar-refractivity contribution in [3.63, 3.8) is 0 Å². The fourth-order valence-corrected chi connectivity index (χ4v) is 4.47. The maximum Gasteiger partial charge on any atom is 0.332 e. The molecule has 0 atom stereocenters. The zero-order valence-electron chi connectivity index (χ0n) is 18.2. The predicted molar refractivity (Wildman–Crippen MR) is 125 cm³/mol. The lowest BCUT2D eigenvalue weighted by Crippen LogP contribution is -3.14. The largest absolute Gasteiger partial charge is 0.370 e. The van der Waals surface area contributed by atoms with E-state index in [1.165, 1.54) is 16.5 Å². The summed E-state index contributed by atoms with van der Waals surface area (Å²) in [4.78, 5) is 31.5. The van der Waals surface area contributed by atoms with Crippen molar-refractivity contribution in [2.45, 2.75) is 13.0 Å². The maximum atomic E-state index is 13.0. The molecule has 1 aliphatic heterocycles. The van der Waals surface area contributed by atoms with Crippen molar-refractivity contribution in [2.75, 3.05) is 44.7 Å². The Morgan fingerprint density at radius 2 is 1.91 bits per heavy atom. The number of morpholine rings is 1. The number of nitrogens with one attached hydrogen (secondary N) is 2. The van der Waals surface area contributed by atoms with Crippen molar-refractivity contribution in [1.29, 1.82) is 0 Å². The third-order valence-electron chi connectivity index (χ3n) is 5.88. The molecule has 172 valence electrons. The van der Waals surface area contributed by atoms with Crippen LogP contribution in [0.5, 0.6) is 0 Å². The van der Waals surface area contributed by atoms with Crippen molar-refractivity contribution in [3.05, 3.63) is 54.6 Å². The second-order valence-electron chi connectivity index (χ2n) is 8.03. The summed E-state index contributed by atoms with van der Waals surface area (Å²) in [5, 5.41) is 4.40. The molecule has 1 fully saturated rings. The van der Waals surface area contributed by atoms with Crippen molar-refractivity contribution < 1.29 is 9.64 Å². The second-order valence-corrected chi connectivity index (χ2v) is 8.87. The van der Waals surface area contributed by atoms with Crippen LogP contribution in [0.25, 0.3) is 11.2 Å². The average Bonchev–Trinajstić information content (AvgIpc) is 3.14. The van der Waals surface area contributed by atoms with Gasteiger partial charge in [-0.3, -0.25) is 18.5 Å². The van der Waals surface area contributed by atoms with Gasteiger partial charge < -0.3 is 15.0 Å². The van der Waals surface area contributed by atoms with Crippen LogP contribution in [0.15, 0.2) is 27.8 Å². The summed E-state index contributed by atoms with van der Waals surface area (Å²) >= 11 is 12.4. The van der Waals surface area contributed by atoms with Gasteiger partial charge in [-0.1, -0.05) is 29.3 Å². The molecule has 0 spiro atoms. The number of anilines is 1. The van der Waals surface area contributed by atoms with Gasteiger partial charge in [0.2, 0.25) is 5.95 Å². The van der Waals surface area contributed by atoms with E-state index in [1.807, 2.05) is 6.07 Å². The first kappa shape index (κ1) is 22.8. The number of halogens is 2. The van der Waals surface area contributed by atoms with E-state index in [2.05, 4.69) is 10.3 Å². The fourth-order valence-electron chi connectivity index (χ4n) is 4.00. The number of hydrogen-bond acceptors (Lipinski definition) is 5. The van der Waals surface area contributed by atoms with Crippen LogP contribution in [0, 0.1) is 0 Å². The Labute approximate surface area is 195 Å². The Morgan fingerprint density at radius 1 is 1.16 bits per heavy atom. The summed E-state index contributed by atoms with van der Waals surface area (Å²) in [5.74, 6) is 0.529. The quantitative estimate of drug-likeness (QED) is 0.480. The lowest BCUT2D eigenvalue weighted by atomic mass is 10.2. The number of ether oxygens (including phenoxy) is 1. The van der Waals surface area contributed by atoms with E-state index in [9.17, 15) is 9.59 Å². The highest BCUT2D eigenvalue weighted by molar-refractivity contribution is 6.35. The molecule has 0 saturated carbocycles. The molecule has 3 heterocycles. The number of imidazole rings is 1. The normalized spacial score (nSPS) is 14.9. The molecule has 1 aromatic carbocycles. The van der Waals surface area contributed by atoms with Crippen molar-refractivity contribution in [2.24, 2.45) is 14.1 Å². The van der Waals surface area contributed by atoms with Crippen LogP contribution in [0.4, 0.5) is 5.95 Å². The van der Waals surface area contributed by atoms with E-state index in [0.717, 1.165) is 49.4 Å². The van der Waals surface area contributed by atoms with E-state index < -0.39 is 11.2 Å². The Balaban J connectivity index is 1.66. The van der Waals surface area contributed by atoms with E-state index in [0.29, 0.717) is 40.2 Å². The molecule has 0 aliphatic carbocycles. The van der Waals surface area contributed by atoms with Crippen LogP contribution >= 0.6 is 23.2 Å². The van der Waals surface area contributed by atoms with Crippen LogP contribution in [0.1, 0.15) is 12.0 Å². The van der Waals surface area contributed by atoms with E-state index in [4.69, 9.17) is 27.9 Å². The van der Waals surface area contributed by atoms with Gasteiger partial charge >= 0.3 is 5.69 Å². The number of fused-ring (bicyclic) bond motifs is 1. The van der Waals surface area contributed by atoms with Gasteiger partial charge in [0, 0.05) is 37.1 Å². The summed E-state index contributed by atoms with van der Waals surface area (Å²) in [6.45, 7) is 5.68. The summed E-state index contributed by atoms with van der Waals surface area (Å²) in [6, 6.07) is 5.26. The highest BCUT2D eigenvalue weighted by Gasteiger charge is 2.20. The molecule has 0 unspecified atom stereocenters. The van der Waals surface area contributed by atoms with Gasteiger partial charge in [0.25, 0.3) is 5.56 Å². The average molecular weight is 482 g/mol. The molecule has 4 rings (SSSR count). The molecule has 32 heavy (non-hydrogen) atoms. The number of benzene rings is 1. The molecular formula is C21H27Cl2N6O3+. The van der Waals surface area contributed by atoms with Crippen LogP contribution in [-0.2, 0) is 25.4 Å². The van der Waals surface area contributed by atoms with Gasteiger partial charge in [0.05, 0.1) is 26.3 Å². The van der Waals surface area contributed by atoms with Crippen molar-refractivity contribution in [3.8, 4) is 0 Å². The smallest absolute Gasteiger partial charge is 0.332 e. The molecule has 1 aliphatic rings. The standard InChI is InChI=1S/C21H26Cl2N6O3/c1-26-18-17(19(30)27(2)21(26)31)29(13-14-4-5-15(22)12-16(14)23)20(25-18)24-6-3-7-28-8-10-32-11-9-28/h4-5,12H,3,6-11,13H2,1-2H3,(H,24,25)/p+1. The number of aromatic nitrogens is 4. The van der Waals surface area contributed by atoms with Gasteiger partial charge in [-0.15, -0.1) is 0 Å². The SMILES string of the molecule is Cn1c(=O)c2c(nc(NCCC[NH+]3CCOCC3)n2Cc2ccc(Cl)cc2Cl)n(C)c1=O. The molecule has 11 heteroatoms. The lowest BCUT2D eigenvalue weighted by Gasteiger charge is -2.23. The number of nitrogens with zero attached hydrogens (tertiary/aromatic N) is 4.